The number of piperazine rings is 1. The molecule has 3 heteroatoms. The molecule has 1 aliphatic rings. The summed E-state index contributed by atoms with van der Waals surface area (Å²) in [6.45, 7) is 12.0. The van der Waals surface area contributed by atoms with Crippen molar-refractivity contribution in [1.82, 2.24) is 15.1 Å². The number of nitrogens with one attached hydrogen (secondary N) is 1. The molecule has 0 radical (unpaired) electrons. The molecule has 90 valence electrons. The third-order valence-electron chi connectivity index (χ3n) is 3.41. The molecule has 3 nitrogen and oxygen atoms in total. The Hall–Kier alpha value is -0.120. The van der Waals surface area contributed by atoms with Gasteiger partial charge in [-0.15, -0.1) is 0 Å². The van der Waals surface area contributed by atoms with Crippen LogP contribution in [0.1, 0.15) is 26.7 Å². The molecule has 1 atom stereocenters. The van der Waals surface area contributed by atoms with Gasteiger partial charge in [-0.05, 0) is 46.4 Å². The summed E-state index contributed by atoms with van der Waals surface area (Å²) < 4.78 is 0. The predicted molar refractivity (Wildman–Crippen MR) is 66.3 cm³/mol. The molecule has 15 heavy (non-hydrogen) atoms. The summed E-state index contributed by atoms with van der Waals surface area (Å²) in [6, 6.07) is 0.744. The molecule has 1 unspecified atom stereocenters. The van der Waals surface area contributed by atoms with Gasteiger partial charge in [-0.3, -0.25) is 4.90 Å². The first-order chi connectivity index (χ1) is 7.27. The lowest BCUT2D eigenvalue weighted by Gasteiger charge is -2.39. The van der Waals surface area contributed by atoms with Crippen molar-refractivity contribution in [3.63, 3.8) is 0 Å². The predicted octanol–water partition coefficient (Wildman–Crippen LogP) is 1.01. The van der Waals surface area contributed by atoms with Crippen LogP contribution in [0.5, 0.6) is 0 Å². The quantitative estimate of drug-likeness (QED) is 0.664. The molecule has 0 saturated carbocycles. The van der Waals surface area contributed by atoms with Crippen LogP contribution in [0.25, 0.3) is 0 Å². The van der Waals surface area contributed by atoms with Crippen molar-refractivity contribution in [2.75, 3.05) is 46.3 Å². The van der Waals surface area contributed by atoms with Gasteiger partial charge in [0.1, 0.15) is 0 Å². The van der Waals surface area contributed by atoms with Crippen LogP contribution in [0, 0.1) is 0 Å². The van der Waals surface area contributed by atoms with Crippen molar-refractivity contribution in [3.8, 4) is 0 Å². The van der Waals surface area contributed by atoms with Gasteiger partial charge in [-0.1, -0.05) is 6.92 Å². The molecule has 1 fully saturated rings. The van der Waals surface area contributed by atoms with Crippen LogP contribution < -0.4 is 5.32 Å². The third kappa shape index (κ3) is 4.49. The number of rotatable bonds is 6. The number of likely N-dealkylation sites (N-methyl/N-ethyl adjacent to an activating group) is 1. The summed E-state index contributed by atoms with van der Waals surface area (Å²) in [6.07, 6.45) is 2.64. The van der Waals surface area contributed by atoms with Gasteiger partial charge in [0.2, 0.25) is 0 Å². The summed E-state index contributed by atoms with van der Waals surface area (Å²) >= 11 is 0. The Kier molecular flexibility index (Phi) is 6.22. The Morgan fingerprint density at radius 2 is 2.07 bits per heavy atom. The van der Waals surface area contributed by atoms with Crippen LogP contribution in [0.15, 0.2) is 0 Å². The lowest BCUT2D eigenvalue weighted by Crippen LogP contribution is -2.51. The van der Waals surface area contributed by atoms with E-state index in [2.05, 4.69) is 29.0 Å². The first kappa shape index (κ1) is 12.9. The number of nitrogens with zero attached hydrogens (tertiary/aromatic N) is 2. The largest absolute Gasteiger partial charge is 0.320 e. The smallest absolute Gasteiger partial charge is 0.0195 e. The molecule has 0 aromatic heterocycles. The first-order valence-electron chi connectivity index (χ1n) is 6.39. The average molecular weight is 213 g/mol. The van der Waals surface area contributed by atoms with Crippen LogP contribution in [0.4, 0.5) is 0 Å². The molecular weight excluding hydrogens is 186 g/mol. The van der Waals surface area contributed by atoms with Crippen LogP contribution in [0.2, 0.25) is 0 Å². The maximum Gasteiger partial charge on any atom is 0.0195 e. The molecule has 1 N–H and O–H groups in total. The maximum absolute atomic E-state index is 3.20. The highest BCUT2D eigenvalue weighted by molar-refractivity contribution is 4.78. The second-order valence-corrected chi connectivity index (χ2v) is 4.59. The Bertz CT molecular complexity index is 161. The zero-order valence-corrected chi connectivity index (χ0v) is 10.6. The van der Waals surface area contributed by atoms with Gasteiger partial charge in [-0.25, -0.2) is 0 Å². The van der Waals surface area contributed by atoms with Gasteiger partial charge in [0.05, 0.1) is 0 Å². The van der Waals surface area contributed by atoms with E-state index < -0.39 is 0 Å². The fraction of sp³-hybridized carbons (Fsp3) is 1.00. The van der Waals surface area contributed by atoms with E-state index in [9.17, 15) is 0 Å². The van der Waals surface area contributed by atoms with E-state index in [-0.39, 0.29) is 0 Å². The van der Waals surface area contributed by atoms with Gasteiger partial charge >= 0.3 is 0 Å². The number of hydrogen-bond acceptors (Lipinski definition) is 3. The topological polar surface area (TPSA) is 18.5 Å². The van der Waals surface area contributed by atoms with E-state index >= 15 is 0 Å². The molecule has 0 aromatic rings. The summed E-state index contributed by atoms with van der Waals surface area (Å²) in [5, 5.41) is 3.20. The standard InChI is InChI=1S/C12H27N3/c1-4-15-10-9-14(11-12(15)2)8-6-5-7-13-3/h12-13H,4-11H2,1-3H3. The Morgan fingerprint density at radius 1 is 1.27 bits per heavy atom. The Balaban J connectivity index is 2.11. The van der Waals surface area contributed by atoms with Gasteiger partial charge in [0.25, 0.3) is 0 Å². The van der Waals surface area contributed by atoms with E-state index in [1.54, 1.807) is 0 Å². The minimum atomic E-state index is 0.744. The van der Waals surface area contributed by atoms with Crippen LogP contribution in [-0.2, 0) is 0 Å². The first-order valence-corrected chi connectivity index (χ1v) is 6.39. The van der Waals surface area contributed by atoms with Crippen molar-refractivity contribution in [2.45, 2.75) is 32.7 Å². The van der Waals surface area contributed by atoms with Gasteiger partial charge in [0, 0.05) is 25.7 Å². The molecular formula is C12H27N3. The molecule has 0 aliphatic carbocycles. The van der Waals surface area contributed by atoms with Crippen LogP contribution in [-0.4, -0.2) is 62.2 Å². The molecule has 0 spiro atoms. The molecule has 1 rings (SSSR count). The Labute approximate surface area is 94.8 Å². The van der Waals surface area contributed by atoms with E-state index in [1.165, 1.54) is 45.6 Å². The molecule has 1 heterocycles. The minimum Gasteiger partial charge on any atom is -0.320 e. The zero-order valence-electron chi connectivity index (χ0n) is 10.6. The normalized spacial score (nSPS) is 24.6. The Morgan fingerprint density at radius 3 is 2.67 bits per heavy atom. The maximum atomic E-state index is 3.20. The van der Waals surface area contributed by atoms with Crippen molar-refractivity contribution < 1.29 is 0 Å². The van der Waals surface area contributed by atoms with E-state index in [1.807, 2.05) is 7.05 Å². The van der Waals surface area contributed by atoms with Gasteiger partial charge < -0.3 is 10.2 Å². The zero-order chi connectivity index (χ0) is 11.1. The van der Waals surface area contributed by atoms with Crippen molar-refractivity contribution in [2.24, 2.45) is 0 Å². The molecule has 1 saturated heterocycles. The van der Waals surface area contributed by atoms with Crippen molar-refractivity contribution in [3.05, 3.63) is 0 Å². The fourth-order valence-corrected chi connectivity index (χ4v) is 2.38. The second kappa shape index (κ2) is 7.20. The highest BCUT2D eigenvalue weighted by Gasteiger charge is 2.21. The number of hydrogen-bond donors (Lipinski definition) is 1. The summed E-state index contributed by atoms with van der Waals surface area (Å²) in [7, 11) is 2.03. The van der Waals surface area contributed by atoms with E-state index in [0.717, 1.165) is 12.6 Å². The third-order valence-corrected chi connectivity index (χ3v) is 3.41. The summed E-state index contributed by atoms with van der Waals surface area (Å²) in [4.78, 5) is 5.19. The van der Waals surface area contributed by atoms with Crippen molar-refractivity contribution in [1.29, 1.82) is 0 Å². The van der Waals surface area contributed by atoms with Crippen molar-refractivity contribution >= 4 is 0 Å². The monoisotopic (exact) mass is 213 g/mol. The average Bonchev–Trinajstić information content (AvgIpc) is 2.25. The number of unbranched alkanes of at least 4 members (excludes halogenated alkanes) is 1. The molecule has 0 bridgehead atoms. The lowest BCUT2D eigenvalue weighted by molar-refractivity contribution is 0.0870. The summed E-state index contributed by atoms with van der Waals surface area (Å²) in [5.41, 5.74) is 0. The highest BCUT2D eigenvalue weighted by Crippen LogP contribution is 2.09. The van der Waals surface area contributed by atoms with Crippen LogP contribution >= 0.6 is 0 Å². The second-order valence-electron chi connectivity index (χ2n) is 4.59. The van der Waals surface area contributed by atoms with Crippen LogP contribution in [0.3, 0.4) is 0 Å². The SMILES string of the molecule is CCN1CCN(CCCCNC)CC1C. The lowest BCUT2D eigenvalue weighted by atomic mass is 10.2. The fourth-order valence-electron chi connectivity index (χ4n) is 2.38. The van der Waals surface area contributed by atoms with E-state index in [4.69, 9.17) is 0 Å². The van der Waals surface area contributed by atoms with Gasteiger partial charge in [0.15, 0.2) is 0 Å². The molecule has 1 aliphatic heterocycles. The van der Waals surface area contributed by atoms with E-state index in [0.29, 0.717) is 0 Å². The minimum absolute atomic E-state index is 0.744. The van der Waals surface area contributed by atoms with Gasteiger partial charge in [-0.2, -0.15) is 0 Å². The summed E-state index contributed by atoms with van der Waals surface area (Å²) in [5.74, 6) is 0. The highest BCUT2D eigenvalue weighted by atomic mass is 15.3. The molecule has 0 aromatic carbocycles. The molecule has 0 amide bonds.